The van der Waals surface area contributed by atoms with Crippen molar-refractivity contribution >= 4 is 23.1 Å². The number of hydrogen-bond donors (Lipinski definition) is 0. The lowest BCUT2D eigenvalue weighted by Crippen LogP contribution is -2.47. The van der Waals surface area contributed by atoms with E-state index in [4.69, 9.17) is 16.3 Å². The van der Waals surface area contributed by atoms with Crippen LogP contribution in [0.1, 0.15) is 0 Å². The Labute approximate surface area is 129 Å². The second-order valence-electron chi connectivity index (χ2n) is 4.85. The fourth-order valence-corrected chi connectivity index (χ4v) is 2.73. The van der Waals surface area contributed by atoms with Gasteiger partial charge >= 0.3 is 0 Å². The van der Waals surface area contributed by atoms with Crippen LogP contribution in [0.3, 0.4) is 0 Å². The molecule has 2 heterocycles. The van der Waals surface area contributed by atoms with E-state index >= 15 is 0 Å². The van der Waals surface area contributed by atoms with Gasteiger partial charge in [-0.2, -0.15) is 0 Å². The molecule has 0 radical (unpaired) electrons. The lowest BCUT2D eigenvalue weighted by atomic mass is 10.2. The predicted octanol–water partition coefficient (Wildman–Crippen LogP) is 2.47. The molecule has 1 fully saturated rings. The first-order valence-corrected chi connectivity index (χ1v) is 7.26. The number of piperazine rings is 1. The molecule has 5 nitrogen and oxygen atoms in total. The lowest BCUT2D eigenvalue weighted by molar-refractivity contribution is 0.414. The SMILES string of the molecule is COc1cccc(N2CCN(c3nccnc3Cl)CC2)c1. The van der Waals surface area contributed by atoms with E-state index in [0.29, 0.717) is 5.15 Å². The van der Waals surface area contributed by atoms with Crippen LogP contribution in [0.2, 0.25) is 5.15 Å². The first-order valence-electron chi connectivity index (χ1n) is 6.88. The van der Waals surface area contributed by atoms with Gasteiger partial charge < -0.3 is 14.5 Å². The standard InChI is InChI=1S/C15H17ClN4O/c1-21-13-4-2-3-12(11-13)19-7-9-20(10-8-19)15-14(16)17-5-6-18-15/h2-6,11H,7-10H2,1H3. The van der Waals surface area contributed by atoms with Crippen molar-refractivity contribution in [2.24, 2.45) is 0 Å². The van der Waals surface area contributed by atoms with Crippen LogP contribution in [0.5, 0.6) is 5.75 Å². The first-order chi connectivity index (χ1) is 10.3. The number of hydrogen-bond acceptors (Lipinski definition) is 5. The van der Waals surface area contributed by atoms with Crippen LogP contribution >= 0.6 is 11.6 Å². The van der Waals surface area contributed by atoms with Gasteiger partial charge in [-0.25, -0.2) is 9.97 Å². The highest BCUT2D eigenvalue weighted by Crippen LogP contribution is 2.25. The van der Waals surface area contributed by atoms with Crippen LogP contribution in [0.15, 0.2) is 36.7 Å². The van der Waals surface area contributed by atoms with Crippen LogP contribution in [-0.2, 0) is 0 Å². The number of rotatable bonds is 3. The largest absolute Gasteiger partial charge is 0.497 e. The number of aromatic nitrogens is 2. The Morgan fingerprint density at radius 3 is 2.48 bits per heavy atom. The molecule has 3 rings (SSSR count). The van der Waals surface area contributed by atoms with Crippen molar-refractivity contribution in [2.45, 2.75) is 0 Å². The molecule has 1 aliphatic rings. The van der Waals surface area contributed by atoms with Gasteiger partial charge in [-0.3, -0.25) is 0 Å². The highest BCUT2D eigenvalue weighted by molar-refractivity contribution is 6.31. The van der Waals surface area contributed by atoms with E-state index in [2.05, 4.69) is 31.9 Å². The van der Waals surface area contributed by atoms with E-state index in [1.807, 2.05) is 12.1 Å². The van der Waals surface area contributed by atoms with Crippen LogP contribution in [0.25, 0.3) is 0 Å². The van der Waals surface area contributed by atoms with Gasteiger partial charge in [-0.05, 0) is 12.1 Å². The number of halogens is 1. The van der Waals surface area contributed by atoms with Crippen molar-refractivity contribution < 1.29 is 4.74 Å². The van der Waals surface area contributed by atoms with Crippen LogP contribution in [-0.4, -0.2) is 43.3 Å². The average molecular weight is 305 g/mol. The fraction of sp³-hybridized carbons (Fsp3) is 0.333. The number of anilines is 2. The Bertz CT molecular complexity index is 614. The van der Waals surface area contributed by atoms with E-state index in [1.54, 1.807) is 19.5 Å². The average Bonchev–Trinajstić information content (AvgIpc) is 2.56. The molecule has 1 aromatic heterocycles. The Morgan fingerprint density at radius 1 is 1.05 bits per heavy atom. The van der Waals surface area contributed by atoms with Gasteiger partial charge in [-0.1, -0.05) is 17.7 Å². The molecule has 0 unspecified atom stereocenters. The minimum Gasteiger partial charge on any atom is -0.497 e. The maximum absolute atomic E-state index is 6.11. The van der Waals surface area contributed by atoms with Crippen LogP contribution < -0.4 is 14.5 Å². The highest BCUT2D eigenvalue weighted by atomic mass is 35.5. The topological polar surface area (TPSA) is 41.5 Å². The molecular formula is C15H17ClN4O. The number of methoxy groups -OCH3 is 1. The third kappa shape index (κ3) is 3.03. The van der Waals surface area contributed by atoms with Gasteiger partial charge in [0, 0.05) is 50.3 Å². The highest BCUT2D eigenvalue weighted by Gasteiger charge is 2.20. The normalized spacial score (nSPS) is 15.1. The molecule has 1 aliphatic heterocycles. The van der Waals surface area contributed by atoms with Crippen molar-refractivity contribution in [2.75, 3.05) is 43.1 Å². The fourth-order valence-electron chi connectivity index (χ4n) is 2.51. The molecule has 110 valence electrons. The van der Waals surface area contributed by atoms with E-state index in [0.717, 1.165) is 37.7 Å². The summed E-state index contributed by atoms with van der Waals surface area (Å²) in [5.74, 6) is 1.65. The summed E-state index contributed by atoms with van der Waals surface area (Å²) < 4.78 is 5.28. The minimum atomic E-state index is 0.465. The Hall–Kier alpha value is -2.01. The molecule has 0 bridgehead atoms. The van der Waals surface area contributed by atoms with Gasteiger partial charge in [0.25, 0.3) is 0 Å². The predicted molar refractivity (Wildman–Crippen MR) is 84.5 cm³/mol. The van der Waals surface area contributed by atoms with Gasteiger partial charge in [0.2, 0.25) is 0 Å². The molecule has 1 saturated heterocycles. The molecule has 21 heavy (non-hydrogen) atoms. The molecule has 2 aromatic rings. The number of nitrogens with zero attached hydrogens (tertiary/aromatic N) is 4. The van der Waals surface area contributed by atoms with Crippen LogP contribution in [0, 0.1) is 0 Å². The van der Waals surface area contributed by atoms with Gasteiger partial charge in [-0.15, -0.1) is 0 Å². The van der Waals surface area contributed by atoms with E-state index in [1.165, 1.54) is 5.69 Å². The molecule has 0 amide bonds. The van der Waals surface area contributed by atoms with Crippen molar-refractivity contribution in [1.82, 2.24) is 9.97 Å². The molecular weight excluding hydrogens is 288 g/mol. The summed E-state index contributed by atoms with van der Waals surface area (Å²) in [5.41, 5.74) is 1.18. The van der Waals surface area contributed by atoms with E-state index < -0.39 is 0 Å². The van der Waals surface area contributed by atoms with Crippen molar-refractivity contribution in [3.05, 3.63) is 41.8 Å². The summed E-state index contributed by atoms with van der Waals surface area (Å²) in [4.78, 5) is 12.9. The van der Waals surface area contributed by atoms with Crippen molar-refractivity contribution in [3.63, 3.8) is 0 Å². The molecule has 6 heteroatoms. The summed E-state index contributed by atoms with van der Waals surface area (Å²) in [7, 11) is 1.69. The van der Waals surface area contributed by atoms with E-state index in [-0.39, 0.29) is 0 Å². The smallest absolute Gasteiger partial charge is 0.171 e. The summed E-state index contributed by atoms with van der Waals surface area (Å²) >= 11 is 6.11. The third-order valence-corrected chi connectivity index (χ3v) is 3.90. The second kappa shape index (κ2) is 6.18. The van der Waals surface area contributed by atoms with Crippen LogP contribution in [0.4, 0.5) is 11.5 Å². The monoisotopic (exact) mass is 304 g/mol. The number of ether oxygens (including phenoxy) is 1. The Balaban J connectivity index is 1.69. The van der Waals surface area contributed by atoms with Crippen molar-refractivity contribution in [3.8, 4) is 5.75 Å². The summed E-state index contributed by atoms with van der Waals surface area (Å²) in [6.07, 6.45) is 3.29. The zero-order valence-electron chi connectivity index (χ0n) is 11.9. The first kappa shape index (κ1) is 13.9. The second-order valence-corrected chi connectivity index (χ2v) is 5.20. The zero-order chi connectivity index (χ0) is 14.7. The quantitative estimate of drug-likeness (QED) is 0.871. The molecule has 0 N–H and O–H groups in total. The van der Waals surface area contributed by atoms with Gasteiger partial charge in [0.1, 0.15) is 5.75 Å². The third-order valence-electron chi connectivity index (χ3n) is 3.63. The van der Waals surface area contributed by atoms with Gasteiger partial charge in [0.15, 0.2) is 11.0 Å². The summed E-state index contributed by atoms with van der Waals surface area (Å²) in [6.45, 7) is 3.57. The Kier molecular flexibility index (Phi) is 4.10. The van der Waals surface area contributed by atoms with E-state index in [9.17, 15) is 0 Å². The maximum Gasteiger partial charge on any atom is 0.171 e. The molecule has 1 aromatic carbocycles. The molecule has 0 atom stereocenters. The molecule has 0 saturated carbocycles. The zero-order valence-corrected chi connectivity index (χ0v) is 12.6. The van der Waals surface area contributed by atoms with Crippen molar-refractivity contribution in [1.29, 1.82) is 0 Å². The summed E-state index contributed by atoms with van der Waals surface area (Å²) in [6, 6.07) is 8.14. The minimum absolute atomic E-state index is 0.465. The number of benzene rings is 1. The van der Waals surface area contributed by atoms with Gasteiger partial charge in [0.05, 0.1) is 7.11 Å². The lowest BCUT2D eigenvalue weighted by Gasteiger charge is -2.36. The Morgan fingerprint density at radius 2 is 1.76 bits per heavy atom. The molecule has 0 aliphatic carbocycles. The maximum atomic E-state index is 6.11. The summed E-state index contributed by atoms with van der Waals surface area (Å²) in [5, 5.41) is 0.465. The molecule has 0 spiro atoms.